The molecule has 130 valence electrons. The highest BCUT2D eigenvalue weighted by atomic mass is 79.9. The van der Waals surface area contributed by atoms with Gasteiger partial charge in [-0.05, 0) is 53.4 Å². The maximum absolute atomic E-state index is 5.87. The molecule has 0 spiro atoms. The molecule has 3 nitrogen and oxygen atoms in total. The van der Waals surface area contributed by atoms with Crippen LogP contribution >= 0.6 is 15.9 Å². The van der Waals surface area contributed by atoms with Crippen molar-refractivity contribution in [3.63, 3.8) is 0 Å². The normalized spacial score (nSPS) is 24.7. The van der Waals surface area contributed by atoms with Gasteiger partial charge in [0.1, 0.15) is 18.9 Å². The zero-order valence-electron chi connectivity index (χ0n) is 15.0. The van der Waals surface area contributed by atoms with Gasteiger partial charge in [-0.15, -0.1) is 0 Å². The van der Waals surface area contributed by atoms with Crippen LogP contribution in [0.25, 0.3) is 0 Å². The smallest absolute Gasteiger partial charge is 0.136 e. The summed E-state index contributed by atoms with van der Waals surface area (Å²) in [6.45, 7) is 14.7. The summed E-state index contributed by atoms with van der Waals surface area (Å²) in [5.41, 5.74) is 2.41. The summed E-state index contributed by atoms with van der Waals surface area (Å²) in [6.07, 6.45) is 1.38. The van der Waals surface area contributed by atoms with E-state index in [4.69, 9.17) is 9.47 Å². The van der Waals surface area contributed by atoms with Gasteiger partial charge in [0.2, 0.25) is 0 Å². The molecule has 0 radical (unpaired) electrons. The van der Waals surface area contributed by atoms with Gasteiger partial charge in [-0.3, -0.25) is 0 Å². The first-order chi connectivity index (χ1) is 11.0. The van der Waals surface area contributed by atoms with Gasteiger partial charge in [0, 0.05) is 11.8 Å². The third kappa shape index (κ3) is 6.09. The molecule has 0 amide bonds. The van der Waals surface area contributed by atoms with E-state index in [0.717, 1.165) is 40.8 Å². The Labute approximate surface area is 149 Å². The summed E-state index contributed by atoms with van der Waals surface area (Å²) in [5.74, 6) is 2.63. The second-order valence-corrected chi connectivity index (χ2v) is 8.06. The number of benzene rings is 1. The number of hydrogen-bond donors (Lipinski definition) is 1. The van der Waals surface area contributed by atoms with E-state index in [9.17, 15) is 0 Å². The standard InChI is InChI=1S/C19H30BrNO2/c1-14-10-17(4)19(18(20)11-14)23-8-7-22-6-5-21-12-15(2)9-16(3)13-21/h10-11,15-16H,5-9,12-13H2,1-4H3/p+1/t15-,16+. The number of aryl methyl sites for hydroxylation is 2. The van der Waals surface area contributed by atoms with E-state index in [-0.39, 0.29) is 0 Å². The van der Waals surface area contributed by atoms with Crippen molar-refractivity contribution < 1.29 is 14.4 Å². The minimum absolute atomic E-state index is 0.602. The molecule has 1 fully saturated rings. The van der Waals surface area contributed by atoms with Crippen molar-refractivity contribution in [2.45, 2.75) is 34.1 Å². The van der Waals surface area contributed by atoms with E-state index >= 15 is 0 Å². The van der Waals surface area contributed by atoms with E-state index < -0.39 is 0 Å². The number of halogens is 1. The van der Waals surface area contributed by atoms with Crippen LogP contribution in [0.1, 0.15) is 31.4 Å². The lowest BCUT2D eigenvalue weighted by atomic mass is 9.92. The summed E-state index contributed by atoms with van der Waals surface area (Å²) in [7, 11) is 0. The molecule has 1 aliphatic rings. The highest BCUT2D eigenvalue weighted by molar-refractivity contribution is 9.10. The highest BCUT2D eigenvalue weighted by Crippen LogP contribution is 2.30. The van der Waals surface area contributed by atoms with Gasteiger partial charge >= 0.3 is 0 Å². The minimum Gasteiger partial charge on any atom is -0.490 e. The lowest BCUT2D eigenvalue weighted by Gasteiger charge is -2.31. The van der Waals surface area contributed by atoms with E-state index in [1.807, 2.05) is 0 Å². The number of quaternary nitrogens is 1. The van der Waals surface area contributed by atoms with Crippen LogP contribution in [0.2, 0.25) is 0 Å². The first-order valence-corrected chi connectivity index (χ1v) is 9.56. The molecule has 1 aliphatic heterocycles. The average Bonchev–Trinajstić information content (AvgIpc) is 2.43. The van der Waals surface area contributed by atoms with E-state index in [1.54, 1.807) is 4.90 Å². The summed E-state index contributed by atoms with van der Waals surface area (Å²) >= 11 is 3.57. The molecule has 1 aromatic rings. The summed E-state index contributed by atoms with van der Waals surface area (Å²) in [5, 5.41) is 0. The van der Waals surface area contributed by atoms with Gasteiger partial charge in [0.25, 0.3) is 0 Å². The number of hydrogen-bond acceptors (Lipinski definition) is 2. The second kappa shape index (κ2) is 9.05. The number of nitrogens with one attached hydrogen (secondary N) is 1. The first-order valence-electron chi connectivity index (χ1n) is 8.76. The molecule has 1 N–H and O–H groups in total. The summed E-state index contributed by atoms with van der Waals surface area (Å²) in [6, 6.07) is 4.23. The van der Waals surface area contributed by atoms with Crippen molar-refractivity contribution in [1.82, 2.24) is 0 Å². The molecule has 23 heavy (non-hydrogen) atoms. The summed E-state index contributed by atoms with van der Waals surface area (Å²) < 4.78 is 12.7. The number of likely N-dealkylation sites (tertiary alicyclic amines) is 1. The second-order valence-electron chi connectivity index (χ2n) is 7.21. The molecular formula is C19H31BrNO2+. The van der Waals surface area contributed by atoms with Crippen molar-refractivity contribution in [1.29, 1.82) is 0 Å². The zero-order chi connectivity index (χ0) is 16.8. The Morgan fingerprint density at radius 1 is 1.09 bits per heavy atom. The SMILES string of the molecule is Cc1cc(C)c(OCCOCC[NH+]2C[C@H](C)C[C@H](C)C2)c(Br)c1. The van der Waals surface area contributed by atoms with E-state index in [1.165, 1.54) is 25.1 Å². The third-order valence-corrected chi connectivity index (χ3v) is 5.12. The number of piperidine rings is 1. The molecule has 0 bridgehead atoms. The van der Waals surface area contributed by atoms with E-state index in [0.29, 0.717) is 13.2 Å². The molecule has 1 unspecified atom stereocenters. The lowest BCUT2D eigenvalue weighted by molar-refractivity contribution is -0.912. The Kier molecular flexibility index (Phi) is 7.38. The average molecular weight is 385 g/mol. The van der Waals surface area contributed by atoms with E-state index in [2.05, 4.69) is 55.8 Å². The van der Waals surface area contributed by atoms with Crippen LogP contribution in [0.15, 0.2) is 16.6 Å². The van der Waals surface area contributed by atoms with Gasteiger partial charge in [-0.2, -0.15) is 0 Å². The van der Waals surface area contributed by atoms with Crippen molar-refractivity contribution in [3.8, 4) is 5.75 Å². The van der Waals surface area contributed by atoms with Crippen LogP contribution in [0.4, 0.5) is 0 Å². The topological polar surface area (TPSA) is 22.9 Å². The first kappa shape index (κ1) is 18.8. The molecule has 4 heteroatoms. The fourth-order valence-electron chi connectivity index (χ4n) is 3.73. The van der Waals surface area contributed by atoms with Crippen molar-refractivity contribution >= 4 is 15.9 Å². The highest BCUT2D eigenvalue weighted by Gasteiger charge is 2.24. The van der Waals surface area contributed by atoms with Crippen molar-refractivity contribution in [2.75, 3.05) is 39.5 Å². The molecule has 1 aromatic carbocycles. The van der Waals surface area contributed by atoms with Crippen LogP contribution in [0, 0.1) is 25.7 Å². The fraction of sp³-hybridized carbons (Fsp3) is 0.684. The largest absolute Gasteiger partial charge is 0.490 e. The molecule has 0 aromatic heterocycles. The predicted octanol–water partition coefficient (Wildman–Crippen LogP) is 3.02. The summed E-state index contributed by atoms with van der Waals surface area (Å²) in [4.78, 5) is 1.69. The van der Waals surface area contributed by atoms with Gasteiger partial charge in [-0.25, -0.2) is 0 Å². The molecule has 1 saturated heterocycles. The lowest BCUT2D eigenvalue weighted by Crippen LogP contribution is -3.14. The van der Waals surface area contributed by atoms with Gasteiger partial charge in [0.15, 0.2) is 0 Å². The van der Waals surface area contributed by atoms with Crippen molar-refractivity contribution in [2.24, 2.45) is 11.8 Å². The van der Waals surface area contributed by atoms with Crippen LogP contribution in [-0.2, 0) is 4.74 Å². The molecule has 2 rings (SSSR count). The molecule has 0 aliphatic carbocycles. The molecular weight excluding hydrogens is 354 g/mol. The minimum atomic E-state index is 0.602. The molecule has 3 atom stereocenters. The fourth-order valence-corrected chi connectivity index (χ4v) is 4.52. The van der Waals surface area contributed by atoms with Gasteiger partial charge in [-0.1, -0.05) is 19.9 Å². The predicted molar refractivity (Wildman–Crippen MR) is 98.4 cm³/mol. The Hall–Kier alpha value is -0.580. The van der Waals surface area contributed by atoms with Crippen LogP contribution in [0.3, 0.4) is 0 Å². The molecule has 0 saturated carbocycles. The zero-order valence-corrected chi connectivity index (χ0v) is 16.5. The molecule has 1 heterocycles. The Balaban J connectivity index is 1.63. The van der Waals surface area contributed by atoms with Crippen LogP contribution in [0.5, 0.6) is 5.75 Å². The monoisotopic (exact) mass is 384 g/mol. The van der Waals surface area contributed by atoms with Crippen LogP contribution in [-0.4, -0.2) is 39.5 Å². The van der Waals surface area contributed by atoms with Gasteiger partial charge < -0.3 is 14.4 Å². The number of ether oxygens (including phenoxy) is 2. The van der Waals surface area contributed by atoms with Crippen LogP contribution < -0.4 is 9.64 Å². The maximum atomic E-state index is 5.87. The Morgan fingerprint density at radius 2 is 1.78 bits per heavy atom. The van der Waals surface area contributed by atoms with Crippen molar-refractivity contribution in [3.05, 3.63) is 27.7 Å². The maximum Gasteiger partial charge on any atom is 0.136 e. The quantitative estimate of drug-likeness (QED) is 0.730. The Morgan fingerprint density at radius 3 is 2.43 bits per heavy atom. The Bertz CT molecular complexity index is 473. The van der Waals surface area contributed by atoms with Gasteiger partial charge in [0.05, 0.1) is 30.8 Å². The number of rotatable bonds is 7. The third-order valence-electron chi connectivity index (χ3n) is 4.53.